The third-order valence-corrected chi connectivity index (χ3v) is 9.00. The van der Waals surface area contributed by atoms with Crippen LogP contribution in [0, 0.1) is 13.8 Å². The van der Waals surface area contributed by atoms with E-state index in [9.17, 15) is 9.90 Å². The van der Waals surface area contributed by atoms with Crippen molar-refractivity contribution in [2.45, 2.75) is 58.8 Å². The van der Waals surface area contributed by atoms with Crippen molar-refractivity contribution in [2.75, 3.05) is 20.3 Å². The fourth-order valence-electron chi connectivity index (χ4n) is 6.36. The van der Waals surface area contributed by atoms with E-state index in [1.807, 2.05) is 73.8 Å². The van der Waals surface area contributed by atoms with E-state index in [1.54, 1.807) is 0 Å². The number of esters is 1. The van der Waals surface area contributed by atoms with Gasteiger partial charge >= 0.3 is 5.97 Å². The molecule has 2 atom stereocenters. The molecule has 0 saturated heterocycles. The topological polar surface area (TPSA) is 88.8 Å². The molecule has 0 radical (unpaired) electrons. The van der Waals surface area contributed by atoms with Crippen molar-refractivity contribution in [3.8, 4) is 0 Å². The van der Waals surface area contributed by atoms with Gasteiger partial charge in [0.25, 0.3) is 0 Å². The molecule has 5 aromatic rings. The van der Waals surface area contributed by atoms with Crippen LogP contribution in [0.5, 0.6) is 0 Å². The van der Waals surface area contributed by atoms with Crippen LogP contribution < -0.4 is 5.11 Å². The molecule has 2 aromatic heterocycles. The summed E-state index contributed by atoms with van der Waals surface area (Å²) in [4.78, 5) is 21.8. The average molecular weight is 631 g/mol. The van der Waals surface area contributed by atoms with Gasteiger partial charge in [-0.05, 0) is 55.2 Å². The Morgan fingerprint density at radius 1 is 0.957 bits per heavy atom. The molecule has 1 aliphatic rings. The molecule has 2 unspecified atom stereocenters. The number of benzene rings is 3. The number of pyridine rings is 1. The summed E-state index contributed by atoms with van der Waals surface area (Å²) in [6.45, 7) is 6.82. The van der Waals surface area contributed by atoms with Crippen LogP contribution in [0.1, 0.15) is 39.2 Å². The van der Waals surface area contributed by atoms with Crippen molar-refractivity contribution >= 4 is 23.0 Å². The van der Waals surface area contributed by atoms with Crippen LogP contribution in [0.15, 0.2) is 102 Å². The lowest BCUT2D eigenvalue weighted by atomic mass is 10.0. The fraction of sp³-hybridized carbons (Fsp3) is 0.308. The molecule has 8 heteroatoms. The van der Waals surface area contributed by atoms with Gasteiger partial charge in [0.2, 0.25) is 0 Å². The molecule has 0 saturated carbocycles. The highest BCUT2D eigenvalue weighted by Crippen LogP contribution is 2.34. The maximum atomic E-state index is 13.1. The van der Waals surface area contributed by atoms with Gasteiger partial charge in [-0.2, -0.15) is 0 Å². The molecule has 0 spiro atoms. The molecule has 242 valence electrons. The Kier molecular flexibility index (Phi) is 9.68. The molecular formula is C39H42N4O4. The van der Waals surface area contributed by atoms with Crippen LogP contribution in [0.2, 0.25) is 0 Å². The highest BCUT2D eigenvalue weighted by molar-refractivity contribution is 5.86. The highest BCUT2D eigenvalue weighted by atomic mass is 16.6. The second kappa shape index (κ2) is 14.2. The van der Waals surface area contributed by atoms with E-state index in [0.29, 0.717) is 4.48 Å². The number of rotatable bonds is 11. The smallest absolute Gasteiger partial charge is 0.331 e. The number of hydrogen-bond acceptors (Lipinski definition) is 6. The zero-order valence-electron chi connectivity index (χ0n) is 27.4. The lowest BCUT2D eigenvalue weighted by Crippen LogP contribution is -2.50. The van der Waals surface area contributed by atoms with E-state index in [4.69, 9.17) is 9.47 Å². The third kappa shape index (κ3) is 7.89. The third-order valence-electron chi connectivity index (χ3n) is 9.00. The number of quaternary nitrogens is 1. The van der Waals surface area contributed by atoms with Crippen molar-refractivity contribution in [1.82, 2.24) is 9.55 Å². The van der Waals surface area contributed by atoms with E-state index >= 15 is 0 Å². The second-order valence-corrected chi connectivity index (χ2v) is 12.9. The maximum Gasteiger partial charge on any atom is 0.331 e. The minimum atomic E-state index is -1.00. The first-order chi connectivity index (χ1) is 22.8. The number of aromatic nitrogens is 2. The number of fused-ring (bicyclic) bond motifs is 3. The van der Waals surface area contributed by atoms with Gasteiger partial charge in [-0.25, -0.2) is 4.79 Å². The fourth-order valence-corrected chi connectivity index (χ4v) is 6.36. The lowest BCUT2D eigenvalue weighted by molar-refractivity contribution is -0.940. The normalized spacial score (nSPS) is 16.9. The Hall–Kier alpha value is -4.95. The number of hydrogen-bond donors (Lipinski definition) is 0. The Labute approximate surface area is 276 Å². The number of likely N-dealkylation sites (N-methyl/N-ethyl adjacent to an activating group) is 1. The summed E-state index contributed by atoms with van der Waals surface area (Å²) in [5.41, 5.74) is 9.10. The van der Waals surface area contributed by atoms with Gasteiger partial charge in [-0.3, -0.25) is 9.98 Å². The van der Waals surface area contributed by atoms with E-state index in [0.717, 1.165) is 49.3 Å². The minimum Gasteiger partial charge on any atom is -0.553 e. The van der Waals surface area contributed by atoms with Gasteiger partial charge in [0.15, 0.2) is 6.04 Å². The van der Waals surface area contributed by atoms with E-state index < -0.39 is 18.1 Å². The number of aryl methyl sites for hydroxylation is 4. The number of aliphatic imine (C=N–C) groups is 1. The van der Waals surface area contributed by atoms with Crippen molar-refractivity contribution < 1.29 is 23.9 Å². The monoisotopic (exact) mass is 630 g/mol. The van der Waals surface area contributed by atoms with Gasteiger partial charge in [0.05, 0.1) is 13.6 Å². The Morgan fingerprint density at radius 3 is 2.43 bits per heavy atom. The summed E-state index contributed by atoms with van der Waals surface area (Å²) in [5, 5.41) is 14.4. The van der Waals surface area contributed by atoms with E-state index in [2.05, 4.69) is 58.8 Å². The van der Waals surface area contributed by atoms with Gasteiger partial charge in [0, 0.05) is 53.4 Å². The van der Waals surface area contributed by atoms with Crippen LogP contribution in [0.25, 0.3) is 10.9 Å². The summed E-state index contributed by atoms with van der Waals surface area (Å²) in [5.74, 6) is -0.553. The molecule has 6 rings (SSSR count). The SMILES string of the molecule is Cc1ccc2c(c1)c1c(n2CCc2ccc(C)nc2)CC[N+](C)(COC([O-])=NC(Cc2ccccc2)C(=O)OCc2ccccc2)C1. The molecule has 0 amide bonds. The summed E-state index contributed by atoms with van der Waals surface area (Å²) in [7, 11) is 2.11. The molecule has 3 heterocycles. The van der Waals surface area contributed by atoms with Gasteiger partial charge in [-0.15, -0.1) is 0 Å². The first-order valence-corrected chi connectivity index (χ1v) is 16.2. The molecule has 0 N–H and O–H groups in total. The van der Waals surface area contributed by atoms with Crippen LogP contribution in [-0.4, -0.2) is 52.5 Å². The lowest BCUT2D eigenvalue weighted by Gasteiger charge is -2.40. The van der Waals surface area contributed by atoms with Gasteiger partial charge in [0.1, 0.15) is 26.0 Å². The van der Waals surface area contributed by atoms with Crippen molar-refractivity contribution in [2.24, 2.45) is 4.99 Å². The minimum absolute atomic E-state index is 0.113. The number of ether oxygens (including phenoxy) is 2. The molecule has 0 aliphatic carbocycles. The second-order valence-electron chi connectivity index (χ2n) is 12.9. The zero-order valence-corrected chi connectivity index (χ0v) is 27.4. The number of carbonyl (C=O) groups excluding carboxylic acids is 1. The predicted octanol–water partition coefficient (Wildman–Crippen LogP) is 5.44. The van der Waals surface area contributed by atoms with Crippen molar-refractivity contribution in [3.05, 3.63) is 136 Å². The molecule has 3 aromatic carbocycles. The van der Waals surface area contributed by atoms with Gasteiger partial charge in [-0.1, -0.05) is 78.4 Å². The predicted molar refractivity (Wildman–Crippen MR) is 181 cm³/mol. The van der Waals surface area contributed by atoms with Crippen LogP contribution in [0.3, 0.4) is 0 Å². The molecule has 1 aliphatic heterocycles. The van der Waals surface area contributed by atoms with Gasteiger partial charge < -0.3 is 23.6 Å². The van der Waals surface area contributed by atoms with Crippen molar-refractivity contribution in [3.63, 3.8) is 0 Å². The Morgan fingerprint density at radius 2 is 1.70 bits per heavy atom. The first kappa shape index (κ1) is 32.0. The maximum absolute atomic E-state index is 13.1. The largest absolute Gasteiger partial charge is 0.553 e. The number of nitrogens with zero attached hydrogens (tertiary/aromatic N) is 4. The first-order valence-electron chi connectivity index (χ1n) is 16.2. The highest BCUT2D eigenvalue weighted by Gasteiger charge is 2.32. The summed E-state index contributed by atoms with van der Waals surface area (Å²) in [6.07, 6.45) is 3.23. The van der Waals surface area contributed by atoms with Crippen molar-refractivity contribution in [1.29, 1.82) is 0 Å². The van der Waals surface area contributed by atoms with E-state index in [1.165, 1.54) is 33.3 Å². The molecular weight excluding hydrogens is 588 g/mol. The van der Waals surface area contributed by atoms with Crippen LogP contribution in [0.4, 0.5) is 0 Å². The Bertz CT molecular complexity index is 1850. The molecule has 8 nitrogen and oxygen atoms in total. The molecule has 0 bridgehead atoms. The zero-order chi connectivity index (χ0) is 32.8. The summed E-state index contributed by atoms with van der Waals surface area (Å²) >= 11 is 0. The number of carbonyl (C=O) groups is 1. The van der Waals surface area contributed by atoms with Crippen LogP contribution >= 0.6 is 0 Å². The summed E-state index contributed by atoms with van der Waals surface area (Å²) < 4.78 is 14.4. The average Bonchev–Trinajstić information content (AvgIpc) is 3.38. The van der Waals surface area contributed by atoms with Crippen LogP contribution in [-0.2, 0) is 53.2 Å². The molecule has 0 fully saturated rings. The standard InChI is InChI=1S/C39H42N4O4/c1-28-14-17-36-33(22-28)34-25-43(3,21-19-37(34)42(36)20-18-31-16-15-29(2)40-24-31)27-47-39(45)41-35(23-30-10-6-4-7-11-30)38(44)46-26-32-12-8-5-9-13-32/h4-17,22,24,35H,18-21,23,25-27H2,1-3H3. The summed E-state index contributed by atoms with van der Waals surface area (Å²) in [6, 6.07) is 28.9. The quantitative estimate of drug-likeness (QED) is 0.0839. The Balaban J connectivity index is 1.17. The molecule has 47 heavy (non-hydrogen) atoms. The van der Waals surface area contributed by atoms with E-state index in [-0.39, 0.29) is 19.8 Å².